The lowest BCUT2D eigenvalue weighted by molar-refractivity contribution is -0.122. The van der Waals surface area contributed by atoms with Crippen LogP contribution in [0.3, 0.4) is 0 Å². The van der Waals surface area contributed by atoms with E-state index in [4.69, 9.17) is 22.3 Å². The van der Waals surface area contributed by atoms with Gasteiger partial charge in [-0.3, -0.25) is 9.36 Å². The van der Waals surface area contributed by atoms with Crippen molar-refractivity contribution in [3.05, 3.63) is 65.1 Å². The number of carbonyl (C=O) groups excluding carboxylic acids is 2. The van der Waals surface area contributed by atoms with Gasteiger partial charge >= 0.3 is 6.03 Å². The van der Waals surface area contributed by atoms with Crippen molar-refractivity contribution in [2.45, 2.75) is 50.6 Å². The van der Waals surface area contributed by atoms with Gasteiger partial charge in [-0.2, -0.15) is 10.2 Å². The van der Waals surface area contributed by atoms with Crippen molar-refractivity contribution < 1.29 is 14.0 Å². The zero-order chi connectivity index (χ0) is 31.5. The quantitative estimate of drug-likeness (QED) is 0.206. The fourth-order valence-electron chi connectivity index (χ4n) is 6.07. The highest BCUT2D eigenvalue weighted by molar-refractivity contribution is 6.33. The van der Waals surface area contributed by atoms with E-state index in [1.165, 1.54) is 6.07 Å². The number of primary amides is 1. The zero-order valence-corrected chi connectivity index (χ0v) is 25.1. The minimum absolute atomic E-state index is 0.0135. The summed E-state index contributed by atoms with van der Waals surface area (Å²) < 4.78 is 16.9. The number of hydrogen-bond acceptors (Lipinski definition) is 8. The maximum atomic E-state index is 15.0. The van der Waals surface area contributed by atoms with E-state index in [1.54, 1.807) is 11.1 Å². The molecule has 45 heavy (non-hydrogen) atoms. The molecule has 232 valence electrons. The van der Waals surface area contributed by atoms with E-state index in [1.807, 2.05) is 41.0 Å². The van der Waals surface area contributed by atoms with Crippen molar-refractivity contribution in [2.75, 3.05) is 29.0 Å². The van der Waals surface area contributed by atoms with Crippen LogP contribution in [-0.2, 0) is 4.79 Å². The van der Waals surface area contributed by atoms with Crippen LogP contribution in [0.15, 0.2) is 48.7 Å². The molecule has 5 N–H and O–H groups in total. The number of rotatable bonds is 7. The lowest BCUT2D eigenvalue weighted by Gasteiger charge is -2.33. The largest absolute Gasteiger partial charge is 0.369 e. The molecule has 4 aromatic rings. The molecule has 2 aromatic heterocycles. The normalized spacial score (nSPS) is 19.9. The van der Waals surface area contributed by atoms with Crippen molar-refractivity contribution in [3.8, 4) is 6.07 Å². The number of likely N-dealkylation sites (tertiary alicyclic amines) is 1. The molecule has 1 unspecified atom stereocenters. The fourth-order valence-corrected chi connectivity index (χ4v) is 6.32. The minimum Gasteiger partial charge on any atom is -0.369 e. The maximum absolute atomic E-state index is 15.0. The molecule has 1 saturated carbocycles. The number of piperidine rings is 1. The Morgan fingerprint density at radius 2 is 1.87 bits per heavy atom. The number of urea groups is 1. The molecule has 1 aliphatic heterocycles. The lowest BCUT2D eigenvalue weighted by atomic mass is 9.85. The second-order valence-corrected chi connectivity index (χ2v) is 11.8. The van der Waals surface area contributed by atoms with Crippen LogP contribution in [0.25, 0.3) is 11.2 Å². The molecule has 0 bridgehead atoms. The number of carbonyl (C=O) groups is 2. The molecular weight excluding hydrogens is 599 g/mol. The summed E-state index contributed by atoms with van der Waals surface area (Å²) in [7, 11) is 0. The summed E-state index contributed by atoms with van der Waals surface area (Å²) in [6.45, 7) is 1.11. The summed E-state index contributed by atoms with van der Waals surface area (Å²) in [5.41, 5.74) is 7.41. The van der Waals surface area contributed by atoms with Gasteiger partial charge in [0.15, 0.2) is 5.65 Å². The number of nitrogens with two attached hydrogens (primary N) is 1. The van der Waals surface area contributed by atoms with Gasteiger partial charge in [-0.05, 0) is 62.8 Å². The van der Waals surface area contributed by atoms with Gasteiger partial charge in [-0.25, -0.2) is 19.2 Å². The third-order valence-corrected chi connectivity index (χ3v) is 8.67. The smallest absolute Gasteiger partial charge is 0.321 e. The molecule has 6 rings (SSSR count). The van der Waals surface area contributed by atoms with Gasteiger partial charge < -0.3 is 26.6 Å². The van der Waals surface area contributed by atoms with Crippen molar-refractivity contribution in [1.29, 1.82) is 5.26 Å². The third-order valence-electron chi connectivity index (χ3n) is 8.37. The number of nitriles is 1. The average Bonchev–Trinajstić information content (AvgIpc) is 3.40. The Morgan fingerprint density at radius 1 is 1.09 bits per heavy atom. The van der Waals surface area contributed by atoms with Crippen LogP contribution in [0.5, 0.6) is 0 Å². The number of nitrogens with one attached hydrogen (secondary N) is 3. The second-order valence-electron chi connectivity index (χ2n) is 11.4. The predicted molar refractivity (Wildman–Crippen MR) is 169 cm³/mol. The zero-order valence-electron chi connectivity index (χ0n) is 24.3. The van der Waals surface area contributed by atoms with E-state index >= 15 is 4.39 Å². The Balaban J connectivity index is 1.27. The van der Waals surface area contributed by atoms with Crippen molar-refractivity contribution in [3.63, 3.8) is 0 Å². The average molecular weight is 631 g/mol. The van der Waals surface area contributed by atoms with E-state index in [2.05, 4.69) is 25.9 Å². The van der Waals surface area contributed by atoms with Gasteiger partial charge in [0.1, 0.15) is 11.3 Å². The number of para-hydroxylation sites is 1. The van der Waals surface area contributed by atoms with Crippen molar-refractivity contribution >= 4 is 58.0 Å². The molecule has 12 nitrogen and oxygen atoms in total. The summed E-state index contributed by atoms with van der Waals surface area (Å²) in [5, 5.41) is 18.6. The molecule has 14 heteroatoms. The highest BCUT2D eigenvalue weighted by Crippen LogP contribution is 2.38. The summed E-state index contributed by atoms with van der Waals surface area (Å²) in [6, 6.07) is 13.3. The first kappa shape index (κ1) is 30.1. The molecule has 1 saturated heterocycles. The van der Waals surface area contributed by atoms with Gasteiger partial charge in [-0.1, -0.05) is 29.8 Å². The van der Waals surface area contributed by atoms with Crippen LogP contribution in [0.2, 0.25) is 5.02 Å². The topological polar surface area (TPSA) is 167 Å². The fraction of sp³-hybridized carbons (Fsp3) is 0.355. The van der Waals surface area contributed by atoms with Crippen LogP contribution in [0.4, 0.5) is 32.5 Å². The lowest BCUT2D eigenvalue weighted by Crippen LogP contribution is -2.47. The first-order chi connectivity index (χ1) is 21.8. The van der Waals surface area contributed by atoms with Crippen LogP contribution in [0.1, 0.15) is 50.1 Å². The van der Waals surface area contributed by atoms with Gasteiger partial charge in [-0.15, -0.1) is 0 Å². The van der Waals surface area contributed by atoms with Gasteiger partial charge in [0.25, 0.3) is 0 Å². The molecule has 1 aliphatic carbocycles. The van der Waals surface area contributed by atoms with Crippen LogP contribution in [-0.4, -0.2) is 55.5 Å². The Morgan fingerprint density at radius 3 is 2.58 bits per heavy atom. The molecule has 2 aromatic carbocycles. The Bertz CT molecular complexity index is 1740. The minimum atomic E-state index is -0.693. The second kappa shape index (κ2) is 13.0. The first-order valence-electron chi connectivity index (χ1n) is 14.9. The molecular formula is C31H32ClFN10O2. The molecule has 0 spiro atoms. The molecule has 2 aliphatic rings. The molecule has 0 radical (unpaired) electrons. The van der Waals surface area contributed by atoms with E-state index in [9.17, 15) is 14.9 Å². The highest BCUT2D eigenvalue weighted by atomic mass is 35.5. The monoisotopic (exact) mass is 630 g/mol. The van der Waals surface area contributed by atoms with E-state index in [0.717, 1.165) is 24.6 Å². The summed E-state index contributed by atoms with van der Waals surface area (Å²) >= 11 is 6.35. The number of imidazole rings is 1. The SMILES string of the molecule is N#Cc1cc(F)c(Nc2nc3cnc(NC4CCCN(C(=O)Nc5ccccc5)C4)nc3n2C2CCC(C(N)=O)CC2)c(Cl)c1. The Labute approximate surface area is 263 Å². The van der Waals surface area contributed by atoms with Crippen LogP contribution < -0.4 is 21.7 Å². The number of anilines is 4. The molecule has 1 atom stereocenters. The Kier molecular flexibility index (Phi) is 8.66. The van der Waals surface area contributed by atoms with Gasteiger partial charge in [0, 0.05) is 36.8 Å². The van der Waals surface area contributed by atoms with Crippen molar-refractivity contribution in [1.82, 2.24) is 24.4 Å². The maximum Gasteiger partial charge on any atom is 0.321 e. The molecule has 2 fully saturated rings. The van der Waals surface area contributed by atoms with E-state index in [0.29, 0.717) is 61.8 Å². The number of halogens is 2. The number of hydrogen-bond donors (Lipinski definition) is 4. The first-order valence-corrected chi connectivity index (χ1v) is 15.2. The number of fused-ring (bicyclic) bond motifs is 1. The van der Waals surface area contributed by atoms with Crippen molar-refractivity contribution in [2.24, 2.45) is 11.7 Å². The third kappa shape index (κ3) is 6.61. The van der Waals surface area contributed by atoms with Crippen LogP contribution >= 0.6 is 11.6 Å². The summed E-state index contributed by atoms with van der Waals surface area (Å²) in [6.07, 6.45) is 5.72. The highest BCUT2D eigenvalue weighted by Gasteiger charge is 2.30. The summed E-state index contributed by atoms with van der Waals surface area (Å²) in [4.78, 5) is 40.5. The standard InChI is InChI=1S/C31H32ClFN10O2/c32-23-13-18(15-34)14-24(33)26(23)40-30-39-25-16-36-29(41-28(25)43(30)22-10-8-19(9-11-22)27(35)44)37-21-7-4-12-42(17-21)31(45)38-20-5-2-1-3-6-20/h1-3,5-6,13-14,16,19,21-22H,4,7-12,17H2,(H2,35,44)(H,38,45)(H,39,40)(H,36,37,41). The Hall–Kier alpha value is -4.96. The van der Waals surface area contributed by atoms with Gasteiger partial charge in [0.05, 0.1) is 28.5 Å². The molecule has 3 amide bonds. The number of benzene rings is 2. The number of amides is 3. The van der Waals surface area contributed by atoms with Gasteiger partial charge in [0.2, 0.25) is 17.8 Å². The molecule has 3 heterocycles. The number of aromatic nitrogens is 4. The van der Waals surface area contributed by atoms with E-state index in [-0.39, 0.29) is 46.2 Å². The summed E-state index contributed by atoms with van der Waals surface area (Å²) in [5.74, 6) is -0.536. The van der Waals surface area contributed by atoms with E-state index < -0.39 is 5.82 Å². The van der Waals surface area contributed by atoms with Crippen LogP contribution in [0, 0.1) is 23.1 Å². The number of nitrogens with zero attached hydrogens (tertiary/aromatic N) is 6. The predicted octanol–water partition coefficient (Wildman–Crippen LogP) is 5.56.